The lowest BCUT2D eigenvalue weighted by molar-refractivity contribution is -0.136. The van der Waals surface area contributed by atoms with Gasteiger partial charge in [0.2, 0.25) is 12.1 Å². The molecule has 0 saturated carbocycles. The van der Waals surface area contributed by atoms with Gasteiger partial charge in [0.25, 0.3) is 0 Å². The van der Waals surface area contributed by atoms with Crippen LogP contribution >= 0.6 is 0 Å². The number of carbonyl (C=O) groups excluding carboxylic acids is 1. The lowest BCUT2D eigenvalue weighted by Crippen LogP contribution is -2.49. The van der Waals surface area contributed by atoms with Crippen molar-refractivity contribution in [3.63, 3.8) is 0 Å². The monoisotopic (exact) mass is 874 g/mol. The molecular weight excluding hydrogens is 811 g/mol. The molecule has 7 aromatic rings. The van der Waals surface area contributed by atoms with Crippen LogP contribution in [-0.4, -0.2) is 85.8 Å². The number of fused-ring (bicyclic) bond motifs is 5. The molecule has 4 aromatic carbocycles. The zero-order chi connectivity index (χ0) is 45.2. The van der Waals surface area contributed by atoms with Gasteiger partial charge in [-0.15, -0.1) is 0 Å². The van der Waals surface area contributed by atoms with Gasteiger partial charge in [0, 0.05) is 53.9 Å². The molecule has 12 nitrogen and oxygen atoms in total. The summed E-state index contributed by atoms with van der Waals surface area (Å²) in [7, 11) is 1.63. The highest BCUT2D eigenvalue weighted by molar-refractivity contribution is 5.92. The van der Waals surface area contributed by atoms with Gasteiger partial charge in [0.05, 0.1) is 60.4 Å². The number of methoxy groups -OCH3 is 1. The Morgan fingerprint density at radius 3 is 2.37 bits per heavy atom. The normalized spacial score (nSPS) is 17.1. The van der Waals surface area contributed by atoms with E-state index in [9.17, 15) is 4.79 Å². The molecule has 12 heteroatoms. The van der Waals surface area contributed by atoms with Crippen LogP contribution in [0.25, 0.3) is 55.8 Å². The minimum atomic E-state index is -0.413. The van der Waals surface area contributed by atoms with E-state index in [1.165, 1.54) is 5.56 Å². The first-order valence-corrected chi connectivity index (χ1v) is 23.3. The molecule has 65 heavy (non-hydrogen) atoms. The number of nitrogens with zero attached hydrogens (tertiary/aromatic N) is 5. The second-order valence-corrected chi connectivity index (χ2v) is 18.4. The summed E-state index contributed by atoms with van der Waals surface area (Å²) in [5.74, 6) is 3.13. The Morgan fingerprint density at radius 1 is 0.892 bits per heavy atom. The van der Waals surface area contributed by atoms with Gasteiger partial charge in [-0.2, -0.15) is 0 Å². The Bertz CT molecular complexity index is 2720. The SMILES string of the molecule is CCCN(Cc1ncc(-c2ccc3c(c2)cc2n3C(c3ccc(-c4ccccc4)cc3)Oc3cc(-c4cnc(C5CCCN5CC(N)C(C)C)[nH]4)ccc3-2)[nH]1)C(=O)C(NCOC)C(C)C. The van der Waals surface area contributed by atoms with Crippen LogP contribution in [0.4, 0.5) is 0 Å². The van der Waals surface area contributed by atoms with Crippen molar-refractivity contribution < 1.29 is 14.3 Å². The maximum atomic E-state index is 13.7. The van der Waals surface area contributed by atoms with E-state index >= 15 is 0 Å². The fourth-order valence-corrected chi connectivity index (χ4v) is 9.50. The van der Waals surface area contributed by atoms with Crippen LogP contribution in [-0.2, 0) is 16.1 Å². The Balaban J connectivity index is 1.04. The van der Waals surface area contributed by atoms with Crippen LogP contribution in [0.2, 0.25) is 0 Å². The van der Waals surface area contributed by atoms with Crippen LogP contribution in [0.15, 0.2) is 109 Å². The molecule has 1 fully saturated rings. The second-order valence-electron chi connectivity index (χ2n) is 18.4. The van der Waals surface area contributed by atoms with Gasteiger partial charge in [0.15, 0.2) is 0 Å². The van der Waals surface area contributed by atoms with Gasteiger partial charge in [-0.1, -0.05) is 101 Å². The molecule has 0 radical (unpaired) electrons. The van der Waals surface area contributed by atoms with Gasteiger partial charge < -0.3 is 34.6 Å². The molecular formula is C53H63N9O3. The van der Waals surface area contributed by atoms with Crippen molar-refractivity contribution in [2.75, 3.05) is 33.5 Å². The standard InChI is InChI=1S/C53H63N9O3/c1-7-23-61(52(63)50(34(4)5)57-32-64-6)31-49-55-28-43(58-49)38-20-22-45-40(25-38)26-47-41-21-19-39(44-29-56-51(59-44)46-14-11-24-60(46)30-42(54)33(2)3)27-48(41)65-53(62(45)47)37-17-15-36(16-18-37)35-12-9-8-10-13-35/h8-10,12-13,15-22,25-29,33-34,42,46,50,53,57H,7,11,14,23-24,30-32,54H2,1-6H3,(H,55,58)(H,56,59). The van der Waals surface area contributed by atoms with E-state index in [0.717, 1.165) is 106 Å². The largest absolute Gasteiger partial charge is 0.465 e. The van der Waals surface area contributed by atoms with Crippen LogP contribution < -0.4 is 15.8 Å². The number of benzene rings is 4. The van der Waals surface area contributed by atoms with Crippen molar-refractivity contribution in [1.29, 1.82) is 0 Å². The fraction of sp³-hybridized carbons (Fsp3) is 0.377. The summed E-state index contributed by atoms with van der Waals surface area (Å²) in [6.07, 6.45) is 6.46. The molecule has 2 aliphatic rings. The van der Waals surface area contributed by atoms with Gasteiger partial charge in [0.1, 0.15) is 17.4 Å². The number of likely N-dealkylation sites (tertiary alicyclic amines) is 1. The lowest BCUT2D eigenvalue weighted by Gasteiger charge is -2.30. The number of imidazole rings is 2. The van der Waals surface area contributed by atoms with Gasteiger partial charge >= 0.3 is 0 Å². The first-order chi connectivity index (χ1) is 31.6. The Morgan fingerprint density at radius 2 is 1.62 bits per heavy atom. The number of nitrogens with two attached hydrogens (primary N) is 1. The molecule has 9 rings (SSSR count). The number of aromatic amines is 2. The summed E-state index contributed by atoms with van der Waals surface area (Å²) in [6.45, 7) is 13.8. The lowest BCUT2D eigenvalue weighted by atomic mass is 10.0. The highest BCUT2D eigenvalue weighted by Crippen LogP contribution is 2.46. The highest BCUT2D eigenvalue weighted by Gasteiger charge is 2.33. The zero-order valence-electron chi connectivity index (χ0n) is 38.6. The molecule has 3 aromatic heterocycles. The molecule has 338 valence electrons. The zero-order valence-corrected chi connectivity index (χ0v) is 38.6. The Hall–Kier alpha value is -6.05. The average molecular weight is 874 g/mol. The van der Waals surface area contributed by atoms with Crippen LogP contribution in [0, 0.1) is 11.8 Å². The van der Waals surface area contributed by atoms with E-state index in [0.29, 0.717) is 25.7 Å². The molecule has 5 heterocycles. The summed E-state index contributed by atoms with van der Waals surface area (Å²) in [5.41, 5.74) is 17.0. The van der Waals surface area contributed by atoms with Crippen molar-refractivity contribution in [3.8, 4) is 50.6 Å². The minimum absolute atomic E-state index is 0.0457. The van der Waals surface area contributed by atoms with E-state index in [4.69, 9.17) is 25.2 Å². The van der Waals surface area contributed by atoms with E-state index < -0.39 is 6.23 Å². The number of hydrogen-bond donors (Lipinski definition) is 4. The summed E-state index contributed by atoms with van der Waals surface area (Å²) in [6, 6.07) is 34.5. The Labute approximate surface area is 382 Å². The maximum Gasteiger partial charge on any atom is 0.240 e. The predicted molar refractivity (Wildman–Crippen MR) is 259 cm³/mol. The maximum absolute atomic E-state index is 13.7. The molecule has 2 aliphatic heterocycles. The number of carbonyl (C=O) groups is 1. The molecule has 5 N–H and O–H groups in total. The summed E-state index contributed by atoms with van der Waals surface area (Å²) >= 11 is 0. The average Bonchev–Trinajstić information content (AvgIpc) is 4.16. The number of nitrogens with one attached hydrogen (secondary N) is 3. The first kappa shape index (κ1) is 44.2. The highest BCUT2D eigenvalue weighted by atomic mass is 16.5. The summed E-state index contributed by atoms with van der Waals surface area (Å²) in [5, 5.41) is 4.34. The van der Waals surface area contributed by atoms with Crippen LogP contribution in [0.5, 0.6) is 5.75 Å². The van der Waals surface area contributed by atoms with E-state index in [-0.39, 0.29) is 30.0 Å². The molecule has 4 atom stereocenters. The van der Waals surface area contributed by atoms with Crippen molar-refractivity contribution in [2.45, 2.75) is 84.8 Å². The molecule has 4 unspecified atom stereocenters. The summed E-state index contributed by atoms with van der Waals surface area (Å²) in [4.78, 5) is 35.0. The third kappa shape index (κ3) is 9.13. The van der Waals surface area contributed by atoms with Gasteiger partial charge in [-0.3, -0.25) is 15.0 Å². The first-order valence-electron chi connectivity index (χ1n) is 23.3. The van der Waals surface area contributed by atoms with Crippen molar-refractivity contribution >= 4 is 16.8 Å². The molecule has 0 bridgehead atoms. The summed E-state index contributed by atoms with van der Waals surface area (Å²) < 4.78 is 14.7. The van der Waals surface area contributed by atoms with Gasteiger partial charge in [-0.05, 0) is 79.1 Å². The molecule has 1 amide bonds. The Kier molecular flexibility index (Phi) is 13.0. The third-order valence-corrected chi connectivity index (χ3v) is 13.2. The number of amides is 1. The van der Waals surface area contributed by atoms with E-state index in [1.807, 2.05) is 37.2 Å². The number of hydrogen-bond acceptors (Lipinski definition) is 8. The van der Waals surface area contributed by atoms with E-state index in [2.05, 4.69) is 137 Å². The van der Waals surface area contributed by atoms with Crippen LogP contribution in [0.3, 0.4) is 0 Å². The quantitative estimate of drug-likeness (QED) is 0.0663. The van der Waals surface area contributed by atoms with E-state index in [1.54, 1.807) is 7.11 Å². The number of rotatable bonds is 17. The molecule has 0 aliphatic carbocycles. The fourth-order valence-electron chi connectivity index (χ4n) is 9.50. The van der Waals surface area contributed by atoms with Crippen LogP contribution in [0.1, 0.15) is 83.4 Å². The predicted octanol–water partition coefficient (Wildman–Crippen LogP) is 9.77. The van der Waals surface area contributed by atoms with Crippen molar-refractivity contribution in [1.82, 2.24) is 39.6 Å². The topological polar surface area (TPSA) is 142 Å². The minimum Gasteiger partial charge on any atom is -0.465 e. The number of aromatic nitrogens is 5. The molecule has 1 saturated heterocycles. The molecule has 0 spiro atoms. The second kappa shape index (κ2) is 19.2. The van der Waals surface area contributed by atoms with Crippen molar-refractivity contribution in [2.24, 2.45) is 17.6 Å². The third-order valence-electron chi connectivity index (χ3n) is 13.2. The number of ether oxygens (including phenoxy) is 2. The van der Waals surface area contributed by atoms with Gasteiger partial charge in [-0.25, -0.2) is 9.97 Å². The van der Waals surface area contributed by atoms with Crippen molar-refractivity contribution in [3.05, 3.63) is 127 Å². The smallest absolute Gasteiger partial charge is 0.240 e. The number of H-pyrrole nitrogens is 2.